The topological polar surface area (TPSA) is 12.0 Å². The molecule has 0 spiro atoms. The van der Waals surface area contributed by atoms with E-state index in [0.29, 0.717) is 0 Å². The zero-order valence-corrected chi connectivity index (χ0v) is 9.28. The van der Waals surface area contributed by atoms with Crippen LogP contribution in [0.2, 0.25) is 0 Å². The standard InChI is InChI=1S/C11H22ClN/c12-8-4-5-9-13-10-11-6-2-1-3-7-11/h11,13H,1-10H2. The molecule has 0 radical (unpaired) electrons. The third kappa shape index (κ3) is 5.53. The molecular weight excluding hydrogens is 182 g/mol. The number of unbranched alkanes of at least 4 members (excludes halogenated alkanes) is 1. The average Bonchev–Trinajstić information content (AvgIpc) is 2.19. The van der Waals surface area contributed by atoms with Gasteiger partial charge in [-0.25, -0.2) is 0 Å². The Balaban J connectivity index is 1.86. The van der Waals surface area contributed by atoms with Crippen molar-refractivity contribution < 1.29 is 0 Å². The van der Waals surface area contributed by atoms with Crippen LogP contribution >= 0.6 is 11.6 Å². The maximum atomic E-state index is 5.60. The van der Waals surface area contributed by atoms with Gasteiger partial charge in [-0.3, -0.25) is 0 Å². The highest BCUT2D eigenvalue weighted by Crippen LogP contribution is 2.22. The van der Waals surface area contributed by atoms with Crippen molar-refractivity contribution in [3.8, 4) is 0 Å². The number of halogens is 1. The molecule has 0 saturated heterocycles. The van der Waals surface area contributed by atoms with Gasteiger partial charge < -0.3 is 5.32 Å². The molecule has 1 aliphatic rings. The van der Waals surface area contributed by atoms with Gasteiger partial charge in [-0.15, -0.1) is 11.6 Å². The van der Waals surface area contributed by atoms with Gasteiger partial charge in [0.2, 0.25) is 0 Å². The van der Waals surface area contributed by atoms with Gasteiger partial charge >= 0.3 is 0 Å². The summed E-state index contributed by atoms with van der Waals surface area (Å²) in [6.45, 7) is 2.39. The summed E-state index contributed by atoms with van der Waals surface area (Å²) in [5, 5.41) is 3.53. The molecule has 0 aromatic rings. The minimum Gasteiger partial charge on any atom is -0.316 e. The molecule has 0 aromatic carbocycles. The first-order valence-corrected chi connectivity index (χ1v) is 6.23. The smallest absolute Gasteiger partial charge is 0.0223 e. The van der Waals surface area contributed by atoms with Crippen LogP contribution in [0.4, 0.5) is 0 Å². The summed E-state index contributed by atoms with van der Waals surface area (Å²) in [5.74, 6) is 1.77. The molecule has 1 rings (SSSR count). The second-order valence-electron chi connectivity index (χ2n) is 4.10. The lowest BCUT2D eigenvalue weighted by atomic mass is 9.89. The second kappa shape index (κ2) is 7.64. The van der Waals surface area contributed by atoms with Crippen molar-refractivity contribution in [3.05, 3.63) is 0 Å². The van der Waals surface area contributed by atoms with E-state index in [1.54, 1.807) is 0 Å². The summed E-state index contributed by atoms with van der Waals surface area (Å²) >= 11 is 5.60. The Labute approximate surface area is 87.2 Å². The van der Waals surface area contributed by atoms with Crippen molar-refractivity contribution in [2.45, 2.75) is 44.9 Å². The fraction of sp³-hybridized carbons (Fsp3) is 1.00. The van der Waals surface area contributed by atoms with Gasteiger partial charge in [0, 0.05) is 5.88 Å². The van der Waals surface area contributed by atoms with Gasteiger partial charge in [-0.05, 0) is 44.7 Å². The van der Waals surface area contributed by atoms with Crippen LogP contribution in [-0.2, 0) is 0 Å². The molecule has 78 valence electrons. The molecule has 0 amide bonds. The molecule has 0 aromatic heterocycles. The summed E-state index contributed by atoms with van der Waals surface area (Å²) in [5.41, 5.74) is 0. The molecule has 2 heteroatoms. The van der Waals surface area contributed by atoms with E-state index in [1.165, 1.54) is 45.1 Å². The van der Waals surface area contributed by atoms with E-state index in [0.717, 1.165) is 24.8 Å². The number of hydrogen-bond donors (Lipinski definition) is 1. The predicted octanol–water partition coefficient (Wildman–Crippen LogP) is 3.18. The lowest BCUT2D eigenvalue weighted by Crippen LogP contribution is -2.25. The zero-order valence-electron chi connectivity index (χ0n) is 8.53. The van der Waals surface area contributed by atoms with Gasteiger partial charge in [0.15, 0.2) is 0 Å². The van der Waals surface area contributed by atoms with Crippen LogP contribution in [0.5, 0.6) is 0 Å². The van der Waals surface area contributed by atoms with Gasteiger partial charge in [-0.2, -0.15) is 0 Å². The largest absolute Gasteiger partial charge is 0.316 e. The van der Waals surface area contributed by atoms with E-state index in [1.807, 2.05) is 0 Å². The van der Waals surface area contributed by atoms with E-state index >= 15 is 0 Å². The molecule has 1 saturated carbocycles. The molecule has 0 bridgehead atoms. The van der Waals surface area contributed by atoms with E-state index in [9.17, 15) is 0 Å². The van der Waals surface area contributed by atoms with Crippen molar-refractivity contribution >= 4 is 11.6 Å². The fourth-order valence-electron chi connectivity index (χ4n) is 2.04. The fourth-order valence-corrected chi connectivity index (χ4v) is 2.23. The maximum Gasteiger partial charge on any atom is 0.0223 e. The highest BCUT2D eigenvalue weighted by molar-refractivity contribution is 6.17. The van der Waals surface area contributed by atoms with Crippen molar-refractivity contribution in [1.29, 1.82) is 0 Å². The molecule has 13 heavy (non-hydrogen) atoms. The van der Waals surface area contributed by atoms with Crippen LogP contribution in [0, 0.1) is 5.92 Å². The van der Waals surface area contributed by atoms with Crippen molar-refractivity contribution in [1.82, 2.24) is 5.32 Å². The van der Waals surface area contributed by atoms with Gasteiger partial charge in [0.1, 0.15) is 0 Å². The zero-order chi connectivity index (χ0) is 9.36. The molecule has 1 nitrogen and oxygen atoms in total. The second-order valence-corrected chi connectivity index (χ2v) is 4.48. The van der Waals surface area contributed by atoms with E-state index in [2.05, 4.69) is 5.32 Å². The quantitative estimate of drug-likeness (QED) is 0.517. The van der Waals surface area contributed by atoms with Crippen molar-refractivity contribution in [2.24, 2.45) is 5.92 Å². The predicted molar refractivity (Wildman–Crippen MR) is 59.4 cm³/mol. The normalized spacial score (nSPS) is 19.2. The number of rotatable bonds is 6. The molecule has 1 aliphatic carbocycles. The Hall–Kier alpha value is 0.250. The molecule has 1 fully saturated rings. The SMILES string of the molecule is ClCCCCNCC1CCCCC1. The Morgan fingerprint density at radius 3 is 2.54 bits per heavy atom. The van der Waals surface area contributed by atoms with Crippen LogP contribution in [0.3, 0.4) is 0 Å². The first-order chi connectivity index (χ1) is 6.43. The summed E-state index contributed by atoms with van der Waals surface area (Å²) in [4.78, 5) is 0. The Morgan fingerprint density at radius 1 is 1.08 bits per heavy atom. The molecular formula is C11H22ClN. The number of hydrogen-bond acceptors (Lipinski definition) is 1. The number of alkyl halides is 1. The van der Waals surface area contributed by atoms with E-state index in [4.69, 9.17) is 11.6 Å². The molecule has 0 heterocycles. The maximum absolute atomic E-state index is 5.60. The highest BCUT2D eigenvalue weighted by Gasteiger charge is 2.11. The molecule has 0 unspecified atom stereocenters. The monoisotopic (exact) mass is 203 g/mol. The molecule has 0 atom stereocenters. The van der Waals surface area contributed by atoms with Crippen LogP contribution in [0.1, 0.15) is 44.9 Å². The third-order valence-electron chi connectivity index (χ3n) is 2.89. The van der Waals surface area contributed by atoms with Crippen LogP contribution < -0.4 is 5.32 Å². The minimum absolute atomic E-state index is 0.811. The minimum atomic E-state index is 0.811. The third-order valence-corrected chi connectivity index (χ3v) is 3.16. The van der Waals surface area contributed by atoms with Gasteiger partial charge in [0.05, 0.1) is 0 Å². The van der Waals surface area contributed by atoms with Crippen LogP contribution in [-0.4, -0.2) is 19.0 Å². The summed E-state index contributed by atoms with van der Waals surface area (Å²) in [7, 11) is 0. The molecule has 0 aliphatic heterocycles. The highest BCUT2D eigenvalue weighted by atomic mass is 35.5. The van der Waals surface area contributed by atoms with Crippen molar-refractivity contribution in [2.75, 3.05) is 19.0 Å². The van der Waals surface area contributed by atoms with Crippen LogP contribution in [0.15, 0.2) is 0 Å². The Morgan fingerprint density at radius 2 is 1.85 bits per heavy atom. The number of nitrogens with one attached hydrogen (secondary N) is 1. The lowest BCUT2D eigenvalue weighted by molar-refractivity contribution is 0.342. The van der Waals surface area contributed by atoms with E-state index < -0.39 is 0 Å². The van der Waals surface area contributed by atoms with E-state index in [-0.39, 0.29) is 0 Å². The van der Waals surface area contributed by atoms with Crippen molar-refractivity contribution in [3.63, 3.8) is 0 Å². The summed E-state index contributed by atoms with van der Waals surface area (Å²) in [6.07, 6.45) is 9.64. The molecule has 1 N–H and O–H groups in total. The average molecular weight is 204 g/mol. The van der Waals surface area contributed by atoms with Gasteiger partial charge in [0.25, 0.3) is 0 Å². The Bertz CT molecular complexity index is 111. The lowest BCUT2D eigenvalue weighted by Gasteiger charge is -2.21. The first kappa shape index (κ1) is 11.3. The first-order valence-electron chi connectivity index (χ1n) is 5.70. The van der Waals surface area contributed by atoms with Gasteiger partial charge in [-0.1, -0.05) is 19.3 Å². The Kier molecular flexibility index (Phi) is 6.65. The summed E-state index contributed by atoms with van der Waals surface area (Å²) < 4.78 is 0. The van der Waals surface area contributed by atoms with Crippen LogP contribution in [0.25, 0.3) is 0 Å². The summed E-state index contributed by atoms with van der Waals surface area (Å²) in [6, 6.07) is 0.